The maximum Gasteiger partial charge on any atom is 0.343 e. The fourth-order valence-corrected chi connectivity index (χ4v) is 2.21. The van der Waals surface area contributed by atoms with Crippen LogP contribution in [0.5, 0.6) is 5.75 Å². The summed E-state index contributed by atoms with van der Waals surface area (Å²) in [6.45, 7) is 3.64. The summed E-state index contributed by atoms with van der Waals surface area (Å²) in [5.41, 5.74) is 2.67. The predicted molar refractivity (Wildman–Crippen MR) is 93.1 cm³/mol. The molecule has 0 amide bonds. The molecule has 2 aromatic carbocycles. The van der Waals surface area contributed by atoms with Crippen LogP contribution in [0, 0.1) is 0 Å². The maximum absolute atomic E-state index is 12.1. The molecule has 124 valence electrons. The first-order valence-corrected chi connectivity index (χ1v) is 7.82. The molecule has 0 saturated carbocycles. The first-order chi connectivity index (χ1) is 11.5. The Hall–Kier alpha value is -2.88. The third-order valence-corrected chi connectivity index (χ3v) is 3.54. The summed E-state index contributed by atoms with van der Waals surface area (Å²) in [4.78, 5) is 22.9. The van der Waals surface area contributed by atoms with Gasteiger partial charge in [0.2, 0.25) is 0 Å². The van der Waals surface area contributed by atoms with Crippen molar-refractivity contribution in [3.63, 3.8) is 0 Å². The van der Waals surface area contributed by atoms with Crippen LogP contribution in [0.2, 0.25) is 0 Å². The summed E-state index contributed by atoms with van der Waals surface area (Å²) in [5.74, 6) is -0.956. The zero-order valence-electron chi connectivity index (χ0n) is 13.8. The van der Waals surface area contributed by atoms with Crippen molar-refractivity contribution in [1.29, 1.82) is 0 Å². The van der Waals surface area contributed by atoms with Crippen LogP contribution in [-0.4, -0.2) is 17.0 Å². The smallest absolute Gasteiger partial charge is 0.343 e. The molecule has 24 heavy (non-hydrogen) atoms. The normalized spacial score (nSPS) is 11.2. The maximum atomic E-state index is 12.1. The van der Waals surface area contributed by atoms with Crippen molar-refractivity contribution >= 4 is 18.0 Å². The molecule has 2 aromatic rings. The van der Waals surface area contributed by atoms with Crippen molar-refractivity contribution < 1.29 is 19.4 Å². The lowest BCUT2D eigenvalue weighted by Gasteiger charge is -2.06. The largest absolute Gasteiger partial charge is 0.478 e. The zero-order valence-corrected chi connectivity index (χ0v) is 13.8. The molecular formula is C20H20O4. The monoisotopic (exact) mass is 324 g/mol. The van der Waals surface area contributed by atoms with Crippen molar-refractivity contribution in [3.8, 4) is 5.75 Å². The predicted octanol–water partition coefficient (Wildman–Crippen LogP) is 4.35. The Bertz CT molecular complexity index is 740. The van der Waals surface area contributed by atoms with Gasteiger partial charge in [0, 0.05) is 5.57 Å². The molecule has 4 nitrogen and oxygen atoms in total. The molecule has 0 aliphatic rings. The molecule has 2 rings (SSSR count). The molecule has 1 N–H and O–H groups in total. The van der Waals surface area contributed by atoms with E-state index in [4.69, 9.17) is 9.84 Å². The van der Waals surface area contributed by atoms with Crippen molar-refractivity contribution in [2.75, 3.05) is 0 Å². The van der Waals surface area contributed by atoms with Crippen LogP contribution in [0.3, 0.4) is 0 Å². The van der Waals surface area contributed by atoms with E-state index in [1.165, 1.54) is 12.5 Å². The van der Waals surface area contributed by atoms with Crippen LogP contribution in [-0.2, 0) is 11.2 Å². The van der Waals surface area contributed by atoms with E-state index in [1.54, 1.807) is 42.5 Å². The summed E-state index contributed by atoms with van der Waals surface area (Å²) < 4.78 is 5.33. The van der Waals surface area contributed by atoms with Crippen molar-refractivity contribution in [2.45, 2.75) is 26.7 Å². The van der Waals surface area contributed by atoms with Crippen molar-refractivity contribution in [1.82, 2.24) is 0 Å². The molecule has 0 aliphatic heterocycles. The summed E-state index contributed by atoms with van der Waals surface area (Å²) in [6, 6.07) is 14.1. The van der Waals surface area contributed by atoms with Crippen LogP contribution >= 0.6 is 0 Å². The second-order valence-electron chi connectivity index (χ2n) is 5.54. The van der Waals surface area contributed by atoms with Crippen LogP contribution in [0.15, 0.2) is 54.1 Å². The number of carbonyl (C=O) groups excluding carboxylic acids is 1. The molecule has 0 spiro atoms. The minimum absolute atomic E-state index is 0.243. The Morgan fingerprint density at radius 2 is 1.67 bits per heavy atom. The number of aliphatic carboxylic acids is 1. The number of esters is 1. The number of carbonyl (C=O) groups is 2. The average molecular weight is 324 g/mol. The molecule has 0 aromatic heterocycles. The van der Waals surface area contributed by atoms with Crippen LogP contribution in [0.4, 0.5) is 0 Å². The highest BCUT2D eigenvalue weighted by Gasteiger charge is 2.08. The van der Waals surface area contributed by atoms with E-state index in [0.717, 1.165) is 18.4 Å². The molecule has 4 heteroatoms. The Morgan fingerprint density at radius 3 is 2.21 bits per heavy atom. The third-order valence-electron chi connectivity index (χ3n) is 3.54. The molecular weight excluding hydrogens is 304 g/mol. The summed E-state index contributed by atoms with van der Waals surface area (Å²) >= 11 is 0. The van der Waals surface area contributed by atoms with E-state index >= 15 is 0 Å². The number of carboxylic acids is 1. The minimum atomic E-state index is -0.961. The quantitative estimate of drug-likeness (QED) is 0.487. The van der Waals surface area contributed by atoms with Gasteiger partial charge in [-0.3, -0.25) is 0 Å². The number of carboxylic acid groups (broad SMARTS) is 1. The van der Waals surface area contributed by atoms with E-state index in [1.807, 2.05) is 12.1 Å². The molecule has 0 atom stereocenters. The first-order valence-electron chi connectivity index (χ1n) is 7.82. The Kier molecular flexibility index (Phi) is 5.90. The number of hydrogen-bond donors (Lipinski definition) is 1. The van der Waals surface area contributed by atoms with E-state index in [2.05, 4.69) is 6.92 Å². The third kappa shape index (κ3) is 4.81. The first kappa shape index (κ1) is 17.5. The molecule has 0 bridgehead atoms. The van der Waals surface area contributed by atoms with Gasteiger partial charge >= 0.3 is 11.9 Å². The second-order valence-corrected chi connectivity index (χ2v) is 5.54. The Morgan fingerprint density at radius 1 is 1.04 bits per heavy atom. The van der Waals surface area contributed by atoms with Gasteiger partial charge in [-0.2, -0.15) is 0 Å². The molecule has 0 radical (unpaired) electrons. The summed E-state index contributed by atoms with van der Waals surface area (Å²) in [7, 11) is 0. The van der Waals surface area contributed by atoms with Crippen LogP contribution in [0.1, 0.15) is 41.8 Å². The number of aryl methyl sites for hydroxylation is 1. The van der Waals surface area contributed by atoms with E-state index in [-0.39, 0.29) is 5.57 Å². The van der Waals surface area contributed by atoms with Crippen molar-refractivity contribution in [2.24, 2.45) is 0 Å². The van der Waals surface area contributed by atoms with Gasteiger partial charge in [0.1, 0.15) is 5.75 Å². The Labute approximate surface area is 141 Å². The van der Waals surface area contributed by atoms with Gasteiger partial charge in [0.15, 0.2) is 0 Å². The fraction of sp³-hybridized carbons (Fsp3) is 0.200. The van der Waals surface area contributed by atoms with E-state index < -0.39 is 11.9 Å². The van der Waals surface area contributed by atoms with Gasteiger partial charge in [-0.1, -0.05) is 37.6 Å². The fourth-order valence-electron chi connectivity index (χ4n) is 2.21. The highest BCUT2D eigenvalue weighted by Crippen LogP contribution is 2.17. The van der Waals surface area contributed by atoms with Gasteiger partial charge in [-0.05, 0) is 54.8 Å². The topological polar surface area (TPSA) is 63.6 Å². The highest BCUT2D eigenvalue weighted by molar-refractivity contribution is 5.92. The lowest BCUT2D eigenvalue weighted by atomic mass is 10.1. The van der Waals surface area contributed by atoms with Crippen LogP contribution in [0.25, 0.3) is 6.08 Å². The molecule has 0 heterocycles. The van der Waals surface area contributed by atoms with E-state index in [9.17, 15) is 9.59 Å². The zero-order chi connectivity index (χ0) is 17.5. The molecule has 0 fully saturated rings. The van der Waals surface area contributed by atoms with Gasteiger partial charge in [-0.25, -0.2) is 9.59 Å². The van der Waals surface area contributed by atoms with E-state index in [0.29, 0.717) is 11.3 Å². The molecule has 0 aliphatic carbocycles. The van der Waals surface area contributed by atoms with Gasteiger partial charge in [0.25, 0.3) is 0 Å². The van der Waals surface area contributed by atoms with Gasteiger partial charge in [0.05, 0.1) is 5.56 Å². The summed E-state index contributed by atoms with van der Waals surface area (Å²) in [5, 5.41) is 8.86. The second kappa shape index (κ2) is 8.11. The summed E-state index contributed by atoms with van der Waals surface area (Å²) in [6.07, 6.45) is 3.60. The average Bonchev–Trinajstić information content (AvgIpc) is 2.57. The number of hydrogen-bond acceptors (Lipinski definition) is 3. The van der Waals surface area contributed by atoms with Gasteiger partial charge in [-0.15, -0.1) is 0 Å². The number of rotatable bonds is 6. The molecule has 0 unspecified atom stereocenters. The number of ether oxygens (including phenoxy) is 1. The SMILES string of the molecule is CCCc1ccc(C(=O)Oc2ccc(/C=C(\C)C(=O)O)cc2)cc1. The Balaban J connectivity index is 2.04. The number of benzene rings is 2. The van der Waals surface area contributed by atoms with Gasteiger partial charge < -0.3 is 9.84 Å². The minimum Gasteiger partial charge on any atom is -0.478 e. The van der Waals surface area contributed by atoms with Crippen LogP contribution < -0.4 is 4.74 Å². The lowest BCUT2D eigenvalue weighted by Crippen LogP contribution is -2.08. The standard InChI is InChI=1S/C20H20O4/c1-3-4-15-5-9-17(10-6-15)20(23)24-18-11-7-16(8-12-18)13-14(2)19(21)22/h5-13H,3-4H2,1-2H3,(H,21,22)/b14-13+. The lowest BCUT2D eigenvalue weighted by molar-refractivity contribution is -0.132. The molecule has 0 saturated heterocycles. The highest BCUT2D eigenvalue weighted by atomic mass is 16.5. The van der Waals surface area contributed by atoms with Crippen molar-refractivity contribution in [3.05, 3.63) is 70.8 Å².